The van der Waals surface area contributed by atoms with Crippen molar-refractivity contribution in [3.05, 3.63) is 200 Å². The lowest BCUT2D eigenvalue weighted by atomic mass is 9.93. The van der Waals surface area contributed by atoms with Crippen LogP contribution in [0.15, 0.2) is 205 Å². The van der Waals surface area contributed by atoms with Crippen molar-refractivity contribution in [2.75, 3.05) is 0 Å². The van der Waals surface area contributed by atoms with Gasteiger partial charge in [-0.25, -0.2) is 15.0 Å². The third-order valence-electron chi connectivity index (χ3n) is 11.7. The minimum Gasteiger partial charge on any atom is -0.455 e. The Bertz CT molecular complexity index is 3590. The van der Waals surface area contributed by atoms with Crippen LogP contribution in [0, 0.1) is 0 Å². The molecule has 0 fully saturated rings. The van der Waals surface area contributed by atoms with Gasteiger partial charge in [0.2, 0.25) is 0 Å². The molecule has 0 bridgehead atoms. The lowest BCUT2D eigenvalue weighted by Gasteiger charge is -2.12. The first-order valence-corrected chi connectivity index (χ1v) is 19.9. The Kier molecular flexibility index (Phi) is 7.50. The maximum Gasteiger partial charge on any atom is 0.164 e. The number of fused-ring (bicyclic) bond motifs is 10. The summed E-state index contributed by atoms with van der Waals surface area (Å²) in [4.78, 5) is 15.6. The maximum atomic E-state index is 6.77. The molecule has 12 rings (SSSR count). The summed E-state index contributed by atoms with van der Waals surface area (Å²) in [6.45, 7) is 0. The van der Waals surface area contributed by atoms with E-state index in [1.807, 2.05) is 30.3 Å². The number of benzene rings is 10. The summed E-state index contributed by atoms with van der Waals surface area (Å²) in [6.07, 6.45) is 0. The van der Waals surface area contributed by atoms with E-state index in [4.69, 9.17) is 19.4 Å². The van der Waals surface area contributed by atoms with Crippen molar-refractivity contribution < 1.29 is 4.42 Å². The molecule has 274 valence electrons. The van der Waals surface area contributed by atoms with Crippen LogP contribution < -0.4 is 0 Å². The average Bonchev–Trinajstić information content (AvgIpc) is 3.70. The Morgan fingerprint density at radius 3 is 1.63 bits per heavy atom. The highest BCUT2D eigenvalue weighted by atomic mass is 16.3. The number of furan rings is 1. The normalized spacial score (nSPS) is 11.7. The standard InChI is InChI=1S/C55H33N3O/c1-3-12-34(13-4-1)35-22-24-37(25-23-35)48-33-49-51-46(20-11-21-50(51)59-52(49)45-19-10-9-18-42(45)48)55-57-53(39-15-5-2-6-16-39)56-54(58-55)40-27-26-38-29-30-43-41-17-8-7-14-36(41)28-31-44(43)47(38)32-40/h1-33H. The van der Waals surface area contributed by atoms with E-state index in [0.29, 0.717) is 17.5 Å². The number of rotatable bonds is 5. The summed E-state index contributed by atoms with van der Waals surface area (Å²) in [5.41, 5.74) is 9.03. The van der Waals surface area contributed by atoms with Crippen LogP contribution in [0.2, 0.25) is 0 Å². The minimum atomic E-state index is 0.591. The largest absolute Gasteiger partial charge is 0.455 e. The zero-order valence-corrected chi connectivity index (χ0v) is 31.8. The van der Waals surface area contributed by atoms with Crippen molar-refractivity contribution in [2.24, 2.45) is 0 Å². The number of hydrogen-bond acceptors (Lipinski definition) is 4. The lowest BCUT2D eigenvalue weighted by molar-refractivity contribution is 0.673. The van der Waals surface area contributed by atoms with Gasteiger partial charge in [0.1, 0.15) is 11.2 Å². The maximum absolute atomic E-state index is 6.77. The summed E-state index contributed by atoms with van der Waals surface area (Å²) in [5.74, 6) is 1.82. The van der Waals surface area contributed by atoms with Crippen LogP contribution in [-0.2, 0) is 0 Å². The zero-order chi connectivity index (χ0) is 38.9. The summed E-state index contributed by atoms with van der Waals surface area (Å²) in [7, 11) is 0. The van der Waals surface area contributed by atoms with E-state index < -0.39 is 0 Å². The predicted molar refractivity (Wildman–Crippen MR) is 244 cm³/mol. The molecule has 2 aromatic heterocycles. The second kappa shape index (κ2) is 13.3. The first kappa shape index (κ1) is 33.2. The minimum absolute atomic E-state index is 0.591. The third kappa shape index (κ3) is 5.49. The first-order chi connectivity index (χ1) is 29.2. The molecule has 0 amide bonds. The molecule has 0 atom stereocenters. The quantitative estimate of drug-likeness (QED) is 0.164. The first-order valence-electron chi connectivity index (χ1n) is 19.9. The van der Waals surface area contributed by atoms with Crippen LogP contribution in [-0.4, -0.2) is 15.0 Å². The lowest BCUT2D eigenvalue weighted by Crippen LogP contribution is -2.00. The monoisotopic (exact) mass is 751 g/mol. The highest BCUT2D eigenvalue weighted by Crippen LogP contribution is 2.43. The van der Waals surface area contributed by atoms with Crippen LogP contribution >= 0.6 is 0 Å². The van der Waals surface area contributed by atoms with Crippen molar-refractivity contribution in [1.82, 2.24) is 15.0 Å². The average molecular weight is 752 g/mol. The van der Waals surface area contributed by atoms with Gasteiger partial charge < -0.3 is 4.42 Å². The fraction of sp³-hybridized carbons (Fsp3) is 0. The van der Waals surface area contributed by atoms with Gasteiger partial charge in [0.15, 0.2) is 17.5 Å². The molecule has 2 heterocycles. The molecule has 12 aromatic rings. The van der Waals surface area contributed by atoms with Crippen LogP contribution in [0.1, 0.15) is 0 Å². The molecule has 0 saturated heterocycles. The number of hydrogen-bond donors (Lipinski definition) is 0. The molecule has 4 heteroatoms. The SMILES string of the molecule is c1ccc(-c2ccc(-c3cc4c(oc5cccc(-c6nc(-c7ccccc7)nc(-c7ccc8ccc9c%10ccccc%10ccc9c8c7)n6)c54)c4ccccc34)cc2)cc1. The van der Waals surface area contributed by atoms with Crippen molar-refractivity contribution in [3.63, 3.8) is 0 Å². The van der Waals surface area contributed by atoms with E-state index in [1.165, 1.54) is 38.1 Å². The Morgan fingerprint density at radius 2 is 0.847 bits per heavy atom. The van der Waals surface area contributed by atoms with Crippen LogP contribution in [0.5, 0.6) is 0 Å². The molecule has 0 unspecified atom stereocenters. The summed E-state index contributed by atoms with van der Waals surface area (Å²) in [6, 6.07) is 70.5. The molecule has 0 spiro atoms. The number of nitrogens with zero attached hydrogens (tertiary/aromatic N) is 3. The number of aromatic nitrogens is 3. The fourth-order valence-corrected chi connectivity index (χ4v) is 8.85. The van der Waals surface area contributed by atoms with E-state index in [1.54, 1.807) is 0 Å². The molecule has 4 nitrogen and oxygen atoms in total. The van der Waals surface area contributed by atoms with Crippen molar-refractivity contribution in [1.29, 1.82) is 0 Å². The molecule has 0 radical (unpaired) electrons. The Labute approximate surface area is 339 Å². The Hall–Kier alpha value is -7.95. The van der Waals surface area contributed by atoms with Crippen LogP contribution in [0.3, 0.4) is 0 Å². The molecule has 0 aliphatic heterocycles. The summed E-state index contributed by atoms with van der Waals surface area (Å²) < 4.78 is 6.77. The van der Waals surface area contributed by atoms with E-state index in [9.17, 15) is 0 Å². The van der Waals surface area contributed by atoms with Gasteiger partial charge in [-0.1, -0.05) is 182 Å². The Morgan fingerprint density at radius 1 is 0.288 bits per heavy atom. The second-order valence-electron chi connectivity index (χ2n) is 15.1. The Balaban J connectivity index is 1.07. The molecule has 10 aromatic carbocycles. The molecular weight excluding hydrogens is 719 g/mol. The fourth-order valence-electron chi connectivity index (χ4n) is 8.85. The van der Waals surface area contributed by atoms with E-state index >= 15 is 0 Å². The molecule has 0 aliphatic rings. The van der Waals surface area contributed by atoms with Crippen molar-refractivity contribution in [2.45, 2.75) is 0 Å². The van der Waals surface area contributed by atoms with Crippen LogP contribution in [0.4, 0.5) is 0 Å². The van der Waals surface area contributed by atoms with Crippen LogP contribution in [0.25, 0.3) is 121 Å². The highest BCUT2D eigenvalue weighted by Gasteiger charge is 2.21. The van der Waals surface area contributed by atoms with Gasteiger partial charge in [-0.3, -0.25) is 0 Å². The highest BCUT2D eigenvalue weighted by molar-refractivity contribution is 6.22. The van der Waals surface area contributed by atoms with Crippen molar-refractivity contribution in [3.8, 4) is 56.4 Å². The van der Waals surface area contributed by atoms with Gasteiger partial charge in [-0.2, -0.15) is 0 Å². The molecule has 0 aliphatic carbocycles. The topological polar surface area (TPSA) is 51.8 Å². The van der Waals surface area contributed by atoms with Crippen molar-refractivity contribution >= 4 is 65.0 Å². The molecule has 0 saturated carbocycles. The van der Waals surface area contributed by atoms with Gasteiger partial charge >= 0.3 is 0 Å². The zero-order valence-electron chi connectivity index (χ0n) is 31.8. The summed E-state index contributed by atoms with van der Waals surface area (Å²) in [5, 5.41) is 11.4. The molecular formula is C55H33N3O. The van der Waals surface area contributed by atoms with Gasteiger partial charge in [0.25, 0.3) is 0 Å². The summed E-state index contributed by atoms with van der Waals surface area (Å²) >= 11 is 0. The molecule has 0 N–H and O–H groups in total. The van der Waals surface area contributed by atoms with E-state index in [2.05, 4.69) is 170 Å². The predicted octanol–water partition coefficient (Wildman–Crippen LogP) is 14.7. The van der Waals surface area contributed by atoms with E-state index in [0.717, 1.165) is 65.9 Å². The van der Waals surface area contributed by atoms with Gasteiger partial charge in [-0.05, 0) is 78.2 Å². The second-order valence-corrected chi connectivity index (χ2v) is 15.1. The van der Waals surface area contributed by atoms with Gasteiger partial charge in [-0.15, -0.1) is 0 Å². The van der Waals surface area contributed by atoms with Gasteiger partial charge in [0, 0.05) is 32.8 Å². The smallest absolute Gasteiger partial charge is 0.164 e. The third-order valence-corrected chi connectivity index (χ3v) is 11.7. The molecule has 59 heavy (non-hydrogen) atoms. The van der Waals surface area contributed by atoms with Gasteiger partial charge in [0.05, 0.1) is 0 Å². The van der Waals surface area contributed by atoms with E-state index in [-0.39, 0.29) is 0 Å².